The van der Waals surface area contributed by atoms with Crippen molar-refractivity contribution >= 4 is 23.7 Å². The molecule has 2 unspecified atom stereocenters. The van der Waals surface area contributed by atoms with Gasteiger partial charge in [-0.1, -0.05) is 0 Å². The summed E-state index contributed by atoms with van der Waals surface area (Å²) in [5, 5.41) is 32.8. The molecule has 27 heavy (non-hydrogen) atoms. The zero-order chi connectivity index (χ0) is 20.2. The first-order chi connectivity index (χ1) is 12.8. The number of nitrogens with one attached hydrogen (secondary N) is 2. The fraction of sp³-hybridized carbons (Fsp3) is 0.750. The SMILES string of the molecule is NC(CCCN=C1NC(=NCCCC[C@H](N)C(=O)O)C(CCO)N1)C(=O)O. The number of aliphatic carboxylic acids is 2. The van der Waals surface area contributed by atoms with E-state index in [1.807, 2.05) is 0 Å². The number of amidine groups is 1. The standard InChI is InChI=1S/C16H30N6O5/c17-10(14(24)25)4-1-2-7-19-13-12(6-9-23)21-16(22-13)20-8-3-5-11(18)15(26)27/h10-12,23H,1-9,17-18H2,(H,24,25)(H,26,27)(H2,19,20,21,22)/t10-,11?,12?/m0/s1. The number of carboxylic acid groups (broad SMARTS) is 2. The van der Waals surface area contributed by atoms with E-state index < -0.39 is 24.0 Å². The van der Waals surface area contributed by atoms with Gasteiger partial charge in [0.2, 0.25) is 0 Å². The summed E-state index contributed by atoms with van der Waals surface area (Å²) in [7, 11) is 0. The Labute approximate surface area is 157 Å². The molecule has 0 aromatic carbocycles. The average molecular weight is 386 g/mol. The maximum absolute atomic E-state index is 10.7. The lowest BCUT2D eigenvalue weighted by Crippen LogP contribution is -2.31. The number of carboxylic acids is 2. The molecule has 1 fully saturated rings. The lowest BCUT2D eigenvalue weighted by Gasteiger charge is -2.08. The van der Waals surface area contributed by atoms with E-state index >= 15 is 0 Å². The van der Waals surface area contributed by atoms with E-state index in [9.17, 15) is 14.7 Å². The van der Waals surface area contributed by atoms with Crippen LogP contribution in [0.1, 0.15) is 38.5 Å². The fourth-order valence-corrected chi connectivity index (χ4v) is 2.48. The topological polar surface area (TPSA) is 196 Å². The largest absolute Gasteiger partial charge is 0.480 e. The highest BCUT2D eigenvalue weighted by molar-refractivity contribution is 6.09. The Bertz CT molecular complexity index is 553. The van der Waals surface area contributed by atoms with Crippen molar-refractivity contribution in [1.29, 1.82) is 0 Å². The summed E-state index contributed by atoms with van der Waals surface area (Å²) in [6.07, 6.45) is 3.12. The molecule has 11 heteroatoms. The van der Waals surface area contributed by atoms with Gasteiger partial charge in [-0.2, -0.15) is 0 Å². The fourth-order valence-electron chi connectivity index (χ4n) is 2.48. The van der Waals surface area contributed by atoms with Gasteiger partial charge in [-0.05, 0) is 38.5 Å². The molecule has 9 N–H and O–H groups in total. The van der Waals surface area contributed by atoms with Crippen LogP contribution < -0.4 is 22.1 Å². The molecule has 0 aromatic heterocycles. The van der Waals surface area contributed by atoms with Gasteiger partial charge in [-0.15, -0.1) is 0 Å². The van der Waals surface area contributed by atoms with Gasteiger partial charge in [-0.3, -0.25) is 19.6 Å². The predicted octanol–water partition coefficient (Wildman–Crippen LogP) is -1.54. The van der Waals surface area contributed by atoms with Crippen LogP contribution in [0, 0.1) is 0 Å². The molecule has 3 atom stereocenters. The molecule has 1 heterocycles. The van der Waals surface area contributed by atoms with Crippen LogP contribution in [0.4, 0.5) is 0 Å². The van der Waals surface area contributed by atoms with Crippen LogP contribution in [0.2, 0.25) is 0 Å². The van der Waals surface area contributed by atoms with Gasteiger partial charge in [0.15, 0.2) is 5.96 Å². The molecule has 11 nitrogen and oxygen atoms in total. The first-order valence-corrected chi connectivity index (χ1v) is 9.05. The van der Waals surface area contributed by atoms with Crippen LogP contribution >= 0.6 is 0 Å². The second-order valence-electron chi connectivity index (χ2n) is 6.36. The summed E-state index contributed by atoms with van der Waals surface area (Å²) in [6.45, 7) is 0.925. The summed E-state index contributed by atoms with van der Waals surface area (Å²) in [5.41, 5.74) is 10.9. The van der Waals surface area contributed by atoms with E-state index in [1.54, 1.807) is 0 Å². The van der Waals surface area contributed by atoms with Crippen molar-refractivity contribution in [2.24, 2.45) is 21.5 Å². The van der Waals surface area contributed by atoms with Gasteiger partial charge in [0.25, 0.3) is 0 Å². The third-order valence-corrected chi connectivity index (χ3v) is 4.09. The average Bonchev–Trinajstić information content (AvgIpc) is 3.00. The van der Waals surface area contributed by atoms with E-state index in [0.717, 1.165) is 0 Å². The molecule has 1 aliphatic heterocycles. The number of nitrogens with two attached hydrogens (primary N) is 2. The highest BCUT2D eigenvalue weighted by Gasteiger charge is 2.25. The van der Waals surface area contributed by atoms with Crippen molar-refractivity contribution in [3.05, 3.63) is 0 Å². The summed E-state index contributed by atoms with van der Waals surface area (Å²) in [5.74, 6) is -0.825. The maximum atomic E-state index is 10.7. The molecule has 1 rings (SSSR count). The van der Waals surface area contributed by atoms with E-state index in [-0.39, 0.29) is 12.6 Å². The number of nitrogens with zero attached hydrogens (tertiary/aromatic N) is 2. The van der Waals surface area contributed by atoms with Crippen molar-refractivity contribution in [2.45, 2.75) is 56.7 Å². The van der Waals surface area contributed by atoms with Crippen molar-refractivity contribution in [1.82, 2.24) is 10.6 Å². The smallest absolute Gasteiger partial charge is 0.320 e. The molecular formula is C16H30N6O5. The van der Waals surface area contributed by atoms with Crippen molar-refractivity contribution in [3.63, 3.8) is 0 Å². The lowest BCUT2D eigenvalue weighted by molar-refractivity contribution is -0.139. The van der Waals surface area contributed by atoms with E-state index in [2.05, 4.69) is 20.6 Å². The molecule has 1 saturated heterocycles. The number of rotatable bonds is 13. The quantitative estimate of drug-likeness (QED) is 0.183. The number of aliphatic hydroxyl groups excluding tert-OH is 1. The van der Waals surface area contributed by atoms with Gasteiger partial charge >= 0.3 is 11.9 Å². The molecule has 0 spiro atoms. The molecule has 0 bridgehead atoms. The number of unbranched alkanes of at least 4 members (excludes halogenated alkanes) is 1. The third-order valence-electron chi connectivity index (χ3n) is 4.09. The summed E-state index contributed by atoms with van der Waals surface area (Å²) < 4.78 is 0. The molecule has 154 valence electrons. The summed E-state index contributed by atoms with van der Waals surface area (Å²) >= 11 is 0. The molecule has 0 aromatic rings. The normalized spacial score (nSPS) is 21.7. The number of aliphatic hydroxyl groups is 1. The van der Waals surface area contributed by atoms with E-state index in [4.69, 9.17) is 21.7 Å². The molecule has 0 amide bonds. The lowest BCUT2D eigenvalue weighted by atomic mass is 10.1. The van der Waals surface area contributed by atoms with Gasteiger partial charge in [0, 0.05) is 19.7 Å². The molecule has 0 radical (unpaired) electrons. The predicted molar refractivity (Wildman–Crippen MR) is 101 cm³/mol. The van der Waals surface area contributed by atoms with Crippen molar-refractivity contribution < 1.29 is 24.9 Å². The Morgan fingerprint density at radius 2 is 1.59 bits per heavy atom. The van der Waals surface area contributed by atoms with Gasteiger partial charge in [0.05, 0.1) is 6.04 Å². The van der Waals surface area contributed by atoms with Crippen LogP contribution in [0.15, 0.2) is 9.98 Å². The van der Waals surface area contributed by atoms with Gasteiger partial charge < -0.3 is 37.4 Å². The minimum Gasteiger partial charge on any atom is -0.480 e. The van der Waals surface area contributed by atoms with Crippen molar-refractivity contribution in [2.75, 3.05) is 19.7 Å². The van der Waals surface area contributed by atoms with Crippen LogP contribution in [0.3, 0.4) is 0 Å². The highest BCUT2D eigenvalue weighted by Crippen LogP contribution is 2.04. The molecule has 1 aliphatic rings. The number of carbonyl (C=O) groups is 2. The minimum absolute atomic E-state index is 0.00736. The molecule has 0 aliphatic carbocycles. The first-order valence-electron chi connectivity index (χ1n) is 9.05. The summed E-state index contributed by atoms with van der Waals surface area (Å²) in [6, 6.07) is -1.90. The highest BCUT2D eigenvalue weighted by atomic mass is 16.4. The zero-order valence-corrected chi connectivity index (χ0v) is 15.3. The second kappa shape index (κ2) is 12.2. The van der Waals surface area contributed by atoms with Gasteiger partial charge in [0.1, 0.15) is 17.9 Å². The maximum Gasteiger partial charge on any atom is 0.320 e. The zero-order valence-electron chi connectivity index (χ0n) is 15.3. The Balaban J connectivity index is 2.43. The third kappa shape index (κ3) is 8.80. The van der Waals surface area contributed by atoms with Crippen LogP contribution in [-0.2, 0) is 9.59 Å². The summed E-state index contributed by atoms with van der Waals surface area (Å²) in [4.78, 5) is 30.1. The Hall–Kier alpha value is -2.24. The van der Waals surface area contributed by atoms with E-state index in [0.29, 0.717) is 63.4 Å². The van der Waals surface area contributed by atoms with Gasteiger partial charge in [-0.25, -0.2) is 0 Å². The number of aliphatic imine (C=N–C) groups is 2. The Morgan fingerprint density at radius 1 is 1.00 bits per heavy atom. The van der Waals surface area contributed by atoms with Crippen LogP contribution in [-0.4, -0.2) is 76.9 Å². The number of guanidine groups is 1. The number of hydrogen-bond donors (Lipinski definition) is 7. The van der Waals surface area contributed by atoms with Crippen LogP contribution in [0.25, 0.3) is 0 Å². The Morgan fingerprint density at radius 3 is 2.19 bits per heavy atom. The van der Waals surface area contributed by atoms with Crippen molar-refractivity contribution in [3.8, 4) is 0 Å². The first kappa shape index (κ1) is 22.8. The number of hydrogen-bond acceptors (Lipinski definition) is 7. The molecule has 0 saturated carbocycles. The van der Waals surface area contributed by atoms with E-state index in [1.165, 1.54) is 0 Å². The Kier molecular flexibility index (Phi) is 10.3. The van der Waals surface area contributed by atoms with Crippen LogP contribution in [0.5, 0.6) is 0 Å². The molecular weight excluding hydrogens is 356 g/mol. The second-order valence-corrected chi connectivity index (χ2v) is 6.36. The minimum atomic E-state index is -1.03. The monoisotopic (exact) mass is 386 g/mol.